The van der Waals surface area contributed by atoms with E-state index in [2.05, 4.69) is 15.0 Å². The van der Waals surface area contributed by atoms with Gasteiger partial charge < -0.3 is 36.5 Å². The molecule has 0 radical (unpaired) electrons. The maximum atomic E-state index is 13.5. The van der Waals surface area contributed by atoms with Crippen molar-refractivity contribution in [3.8, 4) is 17.2 Å². The van der Waals surface area contributed by atoms with Crippen molar-refractivity contribution in [2.24, 2.45) is 24.8 Å². The molecule has 0 spiro atoms. The van der Waals surface area contributed by atoms with E-state index < -0.39 is 87.1 Å². The lowest BCUT2D eigenvalue weighted by molar-refractivity contribution is 0.0949. The molecule has 0 amide bonds. The van der Waals surface area contributed by atoms with Crippen LogP contribution in [0, 0.1) is 22.9 Å². The summed E-state index contributed by atoms with van der Waals surface area (Å²) in [5.74, 6) is -3.07. The molecule has 0 saturated carbocycles. The second-order valence-corrected chi connectivity index (χ2v) is 19.6. The van der Waals surface area contributed by atoms with E-state index in [0.717, 1.165) is 24.0 Å². The first-order valence-corrected chi connectivity index (χ1v) is 24.3. The van der Waals surface area contributed by atoms with E-state index >= 15 is 0 Å². The van der Waals surface area contributed by atoms with Crippen LogP contribution in [0.1, 0.15) is 0 Å². The molecule has 3 aromatic carbocycles. The summed E-state index contributed by atoms with van der Waals surface area (Å²) < 4.78 is 139. The number of nitrogen functional groups attached to an aromatic ring is 2. The number of H-pyrrole nitrogens is 1. The highest BCUT2D eigenvalue weighted by Crippen LogP contribution is 2.25. The highest BCUT2D eigenvalue weighted by molar-refractivity contribution is 8.13. The minimum absolute atomic E-state index is 0.0740. The molecule has 1 atom stereocenters. The molecule has 9 N–H and O–H groups in total. The molecule has 33 heteroatoms. The summed E-state index contributed by atoms with van der Waals surface area (Å²) >= 11 is 0. The number of hydrogen-bond acceptors (Lipinski definition) is 20. The minimum atomic E-state index is -4.25. The Morgan fingerprint density at radius 1 is 0.681 bits per heavy atom. The normalized spacial score (nSPS) is 13.1. The summed E-state index contributed by atoms with van der Waals surface area (Å²) in [6.07, 6.45) is 0.851. The van der Waals surface area contributed by atoms with Gasteiger partial charge in [0.05, 0.1) is 60.8 Å². The summed E-state index contributed by atoms with van der Waals surface area (Å²) in [4.78, 5) is 44.0. The summed E-state index contributed by atoms with van der Waals surface area (Å²) in [5.41, 5.74) is 12.3. The predicted molar refractivity (Wildman–Crippen MR) is 249 cm³/mol. The molecule has 1 aliphatic heterocycles. The Labute approximate surface area is 409 Å². The molecule has 72 heavy (non-hydrogen) atoms. The van der Waals surface area contributed by atoms with Crippen molar-refractivity contribution < 1.29 is 62.1 Å². The standard InChI is InChI=1S/C12H12FN3O4S.C11H12FN3O4S.C7H7ClO3S.C5H6FN3O.C4H4FN3O/c1-15-11(14)10(13)7-16(12(15)17)21(18,19)9-5-3-8(20-2)4-6-9;1-19-7-2-4-8(5-3-7)20(17,18)15-6-9(12)10(13)14-11(15)16;1-11-6-2-4-7(5-3-6)12(8,9)10;1-9-4(7)3(6)2-8-5(9)10;5-2-1-7-4(9)8-3(2)6/h3-7,14H,1-2H3;2-6,11,16H,1H3,(H2,13,14);2-5H,1H3;2H,7H2,1H3;1H,(H3,6,7,8,9). The van der Waals surface area contributed by atoms with Crippen molar-refractivity contribution in [2.45, 2.75) is 21.0 Å². The summed E-state index contributed by atoms with van der Waals surface area (Å²) in [5, 5.41) is 16.9. The second-order valence-electron chi connectivity index (χ2n) is 13.4. The molecule has 6 aromatic rings. The second kappa shape index (κ2) is 24.7. The molecule has 0 bridgehead atoms. The van der Waals surface area contributed by atoms with E-state index in [-0.39, 0.29) is 30.3 Å². The van der Waals surface area contributed by atoms with Crippen LogP contribution in [0.15, 0.2) is 137 Å². The van der Waals surface area contributed by atoms with Gasteiger partial charge in [0, 0.05) is 24.8 Å². The molecule has 0 saturated heterocycles. The van der Waals surface area contributed by atoms with E-state index in [9.17, 15) is 62.3 Å². The van der Waals surface area contributed by atoms with E-state index in [0.29, 0.717) is 38.5 Å². The van der Waals surface area contributed by atoms with Crippen molar-refractivity contribution in [2.75, 3.05) is 32.8 Å². The maximum absolute atomic E-state index is 13.5. The number of ether oxygens (including phenoxy) is 3. The number of anilines is 2. The van der Waals surface area contributed by atoms with Crippen molar-refractivity contribution in [1.82, 2.24) is 32.4 Å². The first-order valence-electron chi connectivity index (χ1n) is 19.1. The number of methoxy groups -OCH3 is 3. The van der Waals surface area contributed by atoms with Gasteiger partial charge in [-0.25, -0.2) is 66.5 Å². The van der Waals surface area contributed by atoms with Gasteiger partial charge in [-0.15, -0.1) is 0 Å². The van der Waals surface area contributed by atoms with Crippen LogP contribution in [0.25, 0.3) is 0 Å². The lowest BCUT2D eigenvalue weighted by Gasteiger charge is -2.26. The largest absolute Gasteiger partial charge is 0.497 e. The third-order valence-electron chi connectivity index (χ3n) is 8.80. The number of aromatic amines is 1. The van der Waals surface area contributed by atoms with Gasteiger partial charge in [-0.2, -0.15) is 13.9 Å². The van der Waals surface area contributed by atoms with Gasteiger partial charge in [-0.1, -0.05) is 0 Å². The van der Waals surface area contributed by atoms with Gasteiger partial charge in [-0.05, 0) is 72.8 Å². The van der Waals surface area contributed by atoms with E-state index in [1.54, 1.807) is 0 Å². The number of nitrogens with zero attached hydrogens (tertiary/aromatic N) is 7. The van der Waals surface area contributed by atoms with Crippen molar-refractivity contribution in [3.05, 3.63) is 158 Å². The summed E-state index contributed by atoms with van der Waals surface area (Å²) in [7, 11) is -0.0785. The number of aromatic nitrogens is 6. The lowest BCUT2D eigenvalue weighted by atomic mass is 10.3. The molecule has 0 fully saturated rings. The summed E-state index contributed by atoms with van der Waals surface area (Å²) in [6, 6.07) is 16.6. The molecule has 388 valence electrons. The number of rotatable bonds is 8. The van der Waals surface area contributed by atoms with Gasteiger partial charge in [0.25, 0.3) is 29.1 Å². The van der Waals surface area contributed by atoms with Crippen LogP contribution < -0.4 is 54.0 Å². The Morgan fingerprint density at radius 2 is 1.12 bits per heavy atom. The topological polar surface area (TPSA) is 375 Å². The van der Waals surface area contributed by atoms with Crippen LogP contribution >= 0.6 is 10.7 Å². The van der Waals surface area contributed by atoms with Crippen molar-refractivity contribution >= 4 is 57.3 Å². The zero-order valence-corrected chi connectivity index (χ0v) is 40.8. The van der Waals surface area contributed by atoms with E-state index in [1.165, 1.54) is 101 Å². The Balaban J connectivity index is 0.000000248. The van der Waals surface area contributed by atoms with Gasteiger partial charge in [-0.3, -0.25) is 19.5 Å². The molecule has 1 aliphatic rings. The quantitative estimate of drug-likeness (QED) is 0.0907. The van der Waals surface area contributed by atoms with Crippen LogP contribution in [0.5, 0.6) is 17.2 Å². The van der Waals surface area contributed by atoms with Crippen LogP contribution in [0.3, 0.4) is 0 Å². The number of aliphatic hydroxyl groups excluding tert-OH is 1. The number of sulfonamides is 1. The molecular weight excluding hydrogens is 1050 g/mol. The number of aliphatic hydroxyl groups is 1. The summed E-state index contributed by atoms with van der Waals surface area (Å²) in [6.45, 7) is 0. The fourth-order valence-electron chi connectivity index (χ4n) is 4.87. The number of amidine groups is 1. The van der Waals surface area contributed by atoms with Gasteiger partial charge in [0.1, 0.15) is 28.9 Å². The average molecular weight is 1090 g/mol. The fourth-order valence-corrected chi connectivity index (χ4v) is 8.15. The SMILES string of the molecule is COc1ccc(S(=O)(=O)Cl)cc1.COc1ccc(S(=O)(=O)N2C=C(F)C(N)=NC2O)cc1.COc1ccc(S(=O)(=O)n2cc(F)c(=N)n(C)c2=O)cc1.Cn1c(N)c(F)cnc1=O.Nc1[nH]c(=O)ncc1F. The number of aliphatic imine (C=N–C) groups is 1. The zero-order valence-electron chi connectivity index (χ0n) is 37.6. The van der Waals surface area contributed by atoms with Gasteiger partial charge in [0.15, 0.2) is 34.6 Å². The highest BCUT2D eigenvalue weighted by atomic mass is 35.7. The lowest BCUT2D eigenvalue weighted by Crippen LogP contribution is -2.41. The van der Waals surface area contributed by atoms with Crippen molar-refractivity contribution in [1.29, 1.82) is 5.41 Å². The van der Waals surface area contributed by atoms with Crippen LogP contribution in [0.4, 0.5) is 29.2 Å². The zero-order chi connectivity index (χ0) is 54.5. The average Bonchev–Trinajstić information content (AvgIpc) is 3.35. The van der Waals surface area contributed by atoms with E-state index in [1.807, 2.05) is 4.98 Å². The molecule has 0 aliphatic carbocycles. The fraction of sp³-hybridized carbons (Fsp3) is 0.154. The number of benzene rings is 3. The van der Waals surface area contributed by atoms with Crippen LogP contribution in [-0.2, 0) is 43.2 Å². The molecule has 7 rings (SSSR count). The molecule has 25 nitrogen and oxygen atoms in total. The highest BCUT2D eigenvalue weighted by Gasteiger charge is 2.32. The number of hydrogen-bond donors (Lipinski definition) is 6. The maximum Gasteiger partial charge on any atom is 0.348 e. The first kappa shape index (κ1) is 58.2. The Kier molecular flexibility index (Phi) is 19.9. The first-order chi connectivity index (χ1) is 33.5. The van der Waals surface area contributed by atoms with Crippen molar-refractivity contribution in [3.63, 3.8) is 0 Å². The van der Waals surface area contributed by atoms with Gasteiger partial charge in [0.2, 0.25) is 6.35 Å². The van der Waals surface area contributed by atoms with Crippen LogP contribution in [0.2, 0.25) is 0 Å². The predicted octanol–water partition coefficient (Wildman–Crippen LogP) is 0.810. The number of halogens is 5. The molecule has 4 heterocycles. The number of nitrogens with one attached hydrogen (secondary N) is 2. The molecule has 3 aromatic heterocycles. The number of nitrogens with two attached hydrogens (primary N) is 3. The molecular formula is C39H41ClF4N12O13S3. The smallest absolute Gasteiger partial charge is 0.348 e. The Morgan fingerprint density at radius 3 is 1.54 bits per heavy atom. The Hall–Kier alpha value is -8.07. The third kappa shape index (κ3) is 15.0. The minimum Gasteiger partial charge on any atom is -0.497 e. The van der Waals surface area contributed by atoms with Gasteiger partial charge >= 0.3 is 17.1 Å². The monoisotopic (exact) mass is 1090 g/mol. The van der Waals surface area contributed by atoms with Crippen LogP contribution in [-0.4, -0.2) is 96.2 Å². The third-order valence-corrected chi connectivity index (χ3v) is 13.5. The Bertz CT molecular complexity index is 3550. The molecule has 1 unspecified atom stereocenters. The van der Waals surface area contributed by atoms with E-state index in [4.69, 9.17) is 47.5 Å².